The predicted molar refractivity (Wildman–Crippen MR) is 161 cm³/mol. The molecular formula is C29H28BrN7O8. The SMILES string of the molecule is CN1CCN(C(=O)[C@H]2O[C@@H](n3cc(Br)c(=O)[nH]c3=O)[C@H](OC(=O)c3ccccc3)[C@@H](OC(=O)c3ccccc3)[C@@H]2N=[N+]=[N-])CC1. The van der Waals surface area contributed by atoms with Gasteiger partial charge in [-0.25, -0.2) is 14.4 Å². The number of esters is 2. The first-order valence-electron chi connectivity index (χ1n) is 13.9. The zero-order valence-electron chi connectivity index (χ0n) is 23.9. The maximum atomic E-state index is 14.0. The molecule has 5 atom stereocenters. The van der Waals surface area contributed by atoms with Gasteiger partial charge in [-0.2, -0.15) is 0 Å². The molecule has 2 fully saturated rings. The molecule has 0 aliphatic carbocycles. The number of carbonyl (C=O) groups is 3. The van der Waals surface area contributed by atoms with Crippen LogP contribution in [0.2, 0.25) is 0 Å². The number of rotatable bonds is 7. The van der Waals surface area contributed by atoms with E-state index in [0.717, 1.165) is 10.8 Å². The maximum Gasteiger partial charge on any atom is 0.338 e. The number of hydrogen-bond acceptors (Lipinski definition) is 10. The molecule has 2 aliphatic heterocycles. The number of amides is 1. The van der Waals surface area contributed by atoms with Crippen LogP contribution in [0, 0.1) is 0 Å². The van der Waals surface area contributed by atoms with E-state index in [9.17, 15) is 29.5 Å². The summed E-state index contributed by atoms with van der Waals surface area (Å²) in [5, 5.41) is 3.81. The second-order valence-electron chi connectivity index (χ2n) is 10.4. The van der Waals surface area contributed by atoms with Gasteiger partial charge in [0, 0.05) is 37.3 Å². The fourth-order valence-electron chi connectivity index (χ4n) is 5.10. The molecule has 45 heavy (non-hydrogen) atoms. The Morgan fingerprint density at radius 2 is 1.49 bits per heavy atom. The van der Waals surface area contributed by atoms with E-state index >= 15 is 0 Å². The zero-order chi connectivity index (χ0) is 32.1. The molecule has 2 aromatic carbocycles. The van der Waals surface area contributed by atoms with Gasteiger partial charge in [-0.3, -0.25) is 19.1 Å². The Hall–Kier alpha value is -4.76. The van der Waals surface area contributed by atoms with Gasteiger partial charge in [0.05, 0.1) is 15.6 Å². The number of carbonyl (C=O) groups excluding carboxylic acids is 3. The number of H-pyrrole nitrogens is 1. The van der Waals surface area contributed by atoms with Crippen LogP contribution in [0.4, 0.5) is 0 Å². The molecule has 5 rings (SSSR count). The van der Waals surface area contributed by atoms with Gasteiger partial charge in [0.25, 0.3) is 11.5 Å². The quantitative estimate of drug-likeness (QED) is 0.168. The number of halogens is 1. The van der Waals surface area contributed by atoms with Gasteiger partial charge < -0.3 is 24.0 Å². The minimum Gasteiger partial charge on any atom is -0.454 e. The van der Waals surface area contributed by atoms with Gasteiger partial charge in [-0.1, -0.05) is 41.5 Å². The molecule has 0 spiro atoms. The number of nitrogens with one attached hydrogen (secondary N) is 1. The Labute approximate surface area is 264 Å². The lowest BCUT2D eigenvalue weighted by Crippen LogP contribution is -2.63. The van der Waals surface area contributed by atoms with Crippen molar-refractivity contribution in [2.45, 2.75) is 30.6 Å². The van der Waals surface area contributed by atoms with E-state index in [2.05, 4.69) is 30.9 Å². The van der Waals surface area contributed by atoms with Crippen molar-refractivity contribution in [3.05, 3.63) is 114 Å². The third-order valence-corrected chi connectivity index (χ3v) is 8.05. The molecule has 0 radical (unpaired) electrons. The van der Waals surface area contributed by atoms with Crippen molar-refractivity contribution in [3.8, 4) is 0 Å². The molecule has 1 N–H and O–H groups in total. The number of benzene rings is 2. The molecule has 2 aliphatic rings. The molecule has 234 valence electrons. The third kappa shape index (κ3) is 6.99. The van der Waals surface area contributed by atoms with Gasteiger partial charge in [-0.15, -0.1) is 0 Å². The lowest BCUT2D eigenvalue weighted by atomic mass is 9.93. The first-order chi connectivity index (χ1) is 21.7. The lowest BCUT2D eigenvalue weighted by molar-refractivity contribution is -0.214. The molecule has 15 nitrogen and oxygen atoms in total. The maximum absolute atomic E-state index is 14.0. The number of hydrogen-bond donors (Lipinski definition) is 1. The molecule has 16 heteroatoms. The molecule has 1 amide bonds. The Kier molecular flexibility index (Phi) is 9.78. The smallest absolute Gasteiger partial charge is 0.338 e. The number of piperazine rings is 1. The second-order valence-corrected chi connectivity index (χ2v) is 11.2. The van der Waals surface area contributed by atoms with Gasteiger partial charge in [0.1, 0.15) is 6.04 Å². The van der Waals surface area contributed by atoms with Crippen LogP contribution < -0.4 is 11.2 Å². The monoisotopic (exact) mass is 681 g/mol. The Balaban J connectivity index is 1.64. The zero-order valence-corrected chi connectivity index (χ0v) is 25.5. The highest BCUT2D eigenvalue weighted by molar-refractivity contribution is 9.10. The second kappa shape index (κ2) is 13.9. The highest BCUT2D eigenvalue weighted by atomic mass is 79.9. The number of azide groups is 1. The van der Waals surface area contributed by atoms with Crippen molar-refractivity contribution in [2.75, 3.05) is 33.2 Å². The van der Waals surface area contributed by atoms with Crippen molar-refractivity contribution in [1.29, 1.82) is 0 Å². The largest absolute Gasteiger partial charge is 0.454 e. The number of aromatic nitrogens is 2. The summed E-state index contributed by atoms with van der Waals surface area (Å²) in [6.07, 6.45) is -5.37. The summed E-state index contributed by atoms with van der Waals surface area (Å²) in [5.74, 6) is -2.34. The predicted octanol–water partition coefficient (Wildman–Crippen LogP) is 2.10. The Morgan fingerprint density at radius 1 is 0.933 bits per heavy atom. The van der Waals surface area contributed by atoms with E-state index in [4.69, 9.17) is 14.2 Å². The van der Waals surface area contributed by atoms with Crippen molar-refractivity contribution >= 4 is 33.8 Å². The standard InChI is InChI=1S/C29H28BrN7O8/c1-35-12-14-36(15-13-35)25(39)22-20(33-34-31)21(44-27(40)17-8-4-2-5-9-17)23(45-28(41)18-10-6-3-7-11-18)26(43-22)37-16-19(30)24(38)32-29(37)42/h2-11,16,20-23,26H,12-15H2,1H3,(H,32,38,42)/t20-,21-,22-,23+,26+/m0/s1. The summed E-state index contributed by atoms with van der Waals surface area (Å²) in [6, 6.07) is 14.2. The van der Waals surface area contributed by atoms with Crippen molar-refractivity contribution in [3.63, 3.8) is 0 Å². The van der Waals surface area contributed by atoms with Crippen LogP contribution in [-0.4, -0.2) is 94.8 Å². The van der Waals surface area contributed by atoms with Crippen LogP contribution in [0.5, 0.6) is 0 Å². The first kappa shape index (κ1) is 31.7. The van der Waals surface area contributed by atoms with E-state index in [0.29, 0.717) is 26.2 Å². The van der Waals surface area contributed by atoms with Gasteiger partial charge in [0.2, 0.25) is 0 Å². The molecule has 3 aromatic rings. The van der Waals surface area contributed by atoms with Crippen molar-refractivity contribution < 1.29 is 28.6 Å². The van der Waals surface area contributed by atoms with Crippen LogP contribution in [0.15, 0.2) is 86.0 Å². The van der Waals surface area contributed by atoms with Crippen LogP contribution >= 0.6 is 15.9 Å². The normalized spacial score (nSPS) is 23.4. The van der Waals surface area contributed by atoms with Gasteiger partial charge in [-0.05, 0) is 52.8 Å². The Bertz CT molecular complexity index is 1720. The van der Waals surface area contributed by atoms with Crippen LogP contribution in [0.1, 0.15) is 26.9 Å². The molecule has 0 unspecified atom stereocenters. The lowest BCUT2D eigenvalue weighted by Gasteiger charge is -2.45. The highest BCUT2D eigenvalue weighted by Gasteiger charge is 2.54. The molecule has 3 heterocycles. The number of nitrogens with zero attached hydrogens (tertiary/aromatic N) is 6. The molecule has 1 aromatic heterocycles. The van der Waals surface area contributed by atoms with Crippen molar-refractivity contribution in [2.24, 2.45) is 5.11 Å². The molecule has 2 saturated heterocycles. The Morgan fingerprint density at radius 3 is 2.04 bits per heavy atom. The average Bonchev–Trinajstić information content (AvgIpc) is 3.05. The number of likely N-dealkylation sites (N-methyl/N-ethyl adjacent to an activating group) is 1. The molecular weight excluding hydrogens is 654 g/mol. The van der Waals surface area contributed by atoms with Crippen molar-refractivity contribution in [1.82, 2.24) is 19.4 Å². The highest BCUT2D eigenvalue weighted by Crippen LogP contribution is 2.36. The van der Waals surface area contributed by atoms with Crippen LogP contribution in [0.25, 0.3) is 10.4 Å². The molecule has 0 saturated carbocycles. The molecule has 0 bridgehead atoms. The van der Waals surface area contributed by atoms with Crippen LogP contribution in [0.3, 0.4) is 0 Å². The minimum absolute atomic E-state index is 0.0734. The fourth-order valence-corrected chi connectivity index (χ4v) is 5.42. The van der Waals surface area contributed by atoms with Gasteiger partial charge >= 0.3 is 17.6 Å². The van der Waals surface area contributed by atoms with Gasteiger partial charge in [0.15, 0.2) is 24.5 Å². The summed E-state index contributed by atoms with van der Waals surface area (Å²) in [6.45, 7) is 1.77. The summed E-state index contributed by atoms with van der Waals surface area (Å²) in [7, 11) is 1.91. The van der Waals surface area contributed by atoms with E-state index in [1.165, 1.54) is 29.2 Å². The minimum atomic E-state index is -1.65. The summed E-state index contributed by atoms with van der Waals surface area (Å²) < 4.78 is 18.8. The summed E-state index contributed by atoms with van der Waals surface area (Å²) in [4.78, 5) is 74.7. The average molecular weight is 682 g/mol. The third-order valence-electron chi connectivity index (χ3n) is 7.48. The topological polar surface area (TPSA) is 189 Å². The first-order valence-corrected chi connectivity index (χ1v) is 14.7. The fraction of sp³-hybridized carbons (Fsp3) is 0.345. The van der Waals surface area contributed by atoms with E-state index in [1.54, 1.807) is 36.4 Å². The summed E-state index contributed by atoms with van der Waals surface area (Å²) in [5.41, 5.74) is 8.13. The summed E-state index contributed by atoms with van der Waals surface area (Å²) >= 11 is 3.09. The number of ether oxygens (including phenoxy) is 3. The van der Waals surface area contributed by atoms with Crippen LogP contribution in [-0.2, 0) is 19.0 Å². The van der Waals surface area contributed by atoms with E-state index < -0.39 is 59.7 Å². The van der Waals surface area contributed by atoms with E-state index in [-0.39, 0.29) is 15.6 Å². The number of aromatic amines is 1. The van der Waals surface area contributed by atoms with E-state index in [1.807, 2.05) is 11.9 Å².